The van der Waals surface area contributed by atoms with Gasteiger partial charge in [-0.25, -0.2) is 0 Å². The molecule has 32 heavy (non-hydrogen) atoms. The predicted molar refractivity (Wildman–Crippen MR) is 121 cm³/mol. The number of halogens is 1. The zero-order valence-electron chi connectivity index (χ0n) is 17.7. The van der Waals surface area contributed by atoms with Gasteiger partial charge in [0, 0.05) is 36.8 Å². The molecule has 0 unspecified atom stereocenters. The molecule has 1 atom stereocenters. The largest absolute Gasteiger partial charge is 0.496 e. The van der Waals surface area contributed by atoms with Crippen molar-refractivity contribution in [3.05, 3.63) is 74.6 Å². The van der Waals surface area contributed by atoms with Gasteiger partial charge >= 0.3 is 0 Å². The molecule has 7 nitrogen and oxygen atoms in total. The van der Waals surface area contributed by atoms with Crippen LogP contribution in [0.1, 0.15) is 27.7 Å². The summed E-state index contributed by atoms with van der Waals surface area (Å²) in [4.78, 5) is 31.1. The lowest BCUT2D eigenvalue weighted by Crippen LogP contribution is -2.42. The van der Waals surface area contributed by atoms with E-state index in [0.29, 0.717) is 53.6 Å². The highest BCUT2D eigenvalue weighted by atomic mass is 35.5. The third-order valence-electron chi connectivity index (χ3n) is 6.12. The fourth-order valence-corrected chi connectivity index (χ4v) is 4.68. The Hall–Kier alpha value is -2.87. The normalized spacial score (nSPS) is 18.9. The average Bonchev–Trinajstić information content (AvgIpc) is 3.10. The van der Waals surface area contributed by atoms with E-state index in [4.69, 9.17) is 25.5 Å². The molecule has 1 fully saturated rings. The van der Waals surface area contributed by atoms with Crippen LogP contribution in [0.5, 0.6) is 5.75 Å². The van der Waals surface area contributed by atoms with E-state index in [2.05, 4.69) is 4.90 Å². The molecule has 0 bridgehead atoms. The van der Waals surface area contributed by atoms with Gasteiger partial charge in [0.25, 0.3) is 5.91 Å². The maximum absolute atomic E-state index is 13.6. The second-order valence-electron chi connectivity index (χ2n) is 7.91. The maximum Gasteiger partial charge on any atom is 0.290 e. The number of hydrogen-bond acceptors (Lipinski definition) is 6. The van der Waals surface area contributed by atoms with Gasteiger partial charge in [0.1, 0.15) is 11.3 Å². The number of hydrogen-bond donors (Lipinski definition) is 0. The zero-order chi connectivity index (χ0) is 22.2. The Morgan fingerprint density at radius 1 is 1.09 bits per heavy atom. The molecule has 0 saturated carbocycles. The fraction of sp³-hybridized carbons (Fsp3) is 0.333. The first-order chi connectivity index (χ1) is 15.6. The van der Waals surface area contributed by atoms with E-state index < -0.39 is 6.04 Å². The summed E-state index contributed by atoms with van der Waals surface area (Å²) in [7, 11) is 1.58. The smallest absolute Gasteiger partial charge is 0.290 e. The first-order valence-corrected chi connectivity index (χ1v) is 11.0. The number of amides is 1. The lowest BCUT2D eigenvalue weighted by molar-refractivity contribution is 0.0314. The monoisotopic (exact) mass is 454 g/mol. The van der Waals surface area contributed by atoms with E-state index in [9.17, 15) is 9.59 Å². The molecule has 2 aliphatic rings. The van der Waals surface area contributed by atoms with Gasteiger partial charge in [-0.1, -0.05) is 29.8 Å². The fourth-order valence-electron chi connectivity index (χ4n) is 4.51. The Morgan fingerprint density at radius 2 is 1.88 bits per heavy atom. The van der Waals surface area contributed by atoms with E-state index in [1.807, 2.05) is 24.3 Å². The van der Waals surface area contributed by atoms with Crippen LogP contribution in [0.15, 0.2) is 51.7 Å². The average molecular weight is 455 g/mol. The summed E-state index contributed by atoms with van der Waals surface area (Å²) >= 11 is 6.14. The van der Waals surface area contributed by atoms with Crippen LogP contribution in [0.3, 0.4) is 0 Å². The number of rotatable bonds is 5. The van der Waals surface area contributed by atoms with E-state index in [1.54, 1.807) is 30.2 Å². The standard InChI is InChI=1S/C24H23ClN2O5/c1-30-18-5-3-2-4-16(18)21-20-22(28)17-14-15(25)6-7-19(17)32-23(20)24(29)27(21)9-8-26-10-12-31-13-11-26/h2-7,14,21H,8-13H2,1H3/t21-/m0/s1. The molecule has 1 saturated heterocycles. The van der Waals surface area contributed by atoms with Crippen LogP contribution < -0.4 is 10.2 Å². The molecule has 3 heterocycles. The van der Waals surface area contributed by atoms with Gasteiger partial charge in [0.05, 0.1) is 37.3 Å². The van der Waals surface area contributed by atoms with Gasteiger partial charge in [0.2, 0.25) is 5.76 Å². The van der Waals surface area contributed by atoms with Gasteiger partial charge in [-0.05, 0) is 24.3 Å². The summed E-state index contributed by atoms with van der Waals surface area (Å²) in [5.41, 5.74) is 1.18. The molecule has 5 rings (SSSR count). The number of para-hydroxylation sites is 1. The molecule has 0 aliphatic carbocycles. The summed E-state index contributed by atoms with van der Waals surface area (Å²) in [5.74, 6) is 0.404. The Morgan fingerprint density at radius 3 is 2.66 bits per heavy atom. The van der Waals surface area contributed by atoms with E-state index >= 15 is 0 Å². The Balaban J connectivity index is 1.64. The number of ether oxygens (including phenoxy) is 2. The molecular weight excluding hydrogens is 432 g/mol. The SMILES string of the molecule is COc1ccccc1[C@H]1c2c(oc3ccc(Cl)cc3c2=O)C(=O)N1CCN1CCOCC1. The summed E-state index contributed by atoms with van der Waals surface area (Å²) in [6.07, 6.45) is 0. The first kappa shape index (κ1) is 21.0. The second-order valence-corrected chi connectivity index (χ2v) is 8.35. The van der Waals surface area contributed by atoms with E-state index in [0.717, 1.165) is 18.7 Å². The van der Waals surface area contributed by atoms with Crippen molar-refractivity contribution in [2.24, 2.45) is 0 Å². The Labute approximate surface area is 190 Å². The molecule has 0 radical (unpaired) electrons. The number of methoxy groups -OCH3 is 1. The molecule has 3 aromatic rings. The van der Waals surface area contributed by atoms with Crippen molar-refractivity contribution >= 4 is 28.5 Å². The van der Waals surface area contributed by atoms with Crippen LogP contribution in [0.4, 0.5) is 0 Å². The predicted octanol–water partition coefficient (Wildman–Crippen LogP) is 3.33. The molecule has 2 aliphatic heterocycles. The lowest BCUT2D eigenvalue weighted by Gasteiger charge is -2.31. The third kappa shape index (κ3) is 3.56. The van der Waals surface area contributed by atoms with Crippen molar-refractivity contribution in [3.63, 3.8) is 0 Å². The van der Waals surface area contributed by atoms with Crippen LogP contribution >= 0.6 is 11.6 Å². The summed E-state index contributed by atoms with van der Waals surface area (Å²) < 4.78 is 17.0. The molecule has 8 heteroatoms. The number of carbonyl (C=O) groups excluding carboxylic acids is 1. The third-order valence-corrected chi connectivity index (χ3v) is 6.36. The van der Waals surface area contributed by atoms with Crippen molar-refractivity contribution in [2.75, 3.05) is 46.5 Å². The molecule has 1 aromatic heterocycles. The molecule has 0 spiro atoms. The lowest BCUT2D eigenvalue weighted by atomic mass is 9.97. The minimum Gasteiger partial charge on any atom is -0.496 e. The maximum atomic E-state index is 13.6. The number of carbonyl (C=O) groups is 1. The van der Waals surface area contributed by atoms with Crippen molar-refractivity contribution in [3.8, 4) is 5.75 Å². The Bertz CT molecular complexity index is 1230. The highest BCUT2D eigenvalue weighted by Crippen LogP contribution is 2.41. The second kappa shape index (κ2) is 8.58. The molecule has 166 valence electrons. The van der Waals surface area contributed by atoms with Crippen LogP contribution in [0.2, 0.25) is 5.02 Å². The number of morpholine rings is 1. The number of nitrogens with zero attached hydrogens (tertiary/aromatic N) is 2. The first-order valence-electron chi connectivity index (χ1n) is 10.6. The van der Waals surface area contributed by atoms with Gasteiger partial charge in [0.15, 0.2) is 5.43 Å². The van der Waals surface area contributed by atoms with Crippen LogP contribution in [-0.4, -0.2) is 62.2 Å². The highest BCUT2D eigenvalue weighted by Gasteiger charge is 2.43. The minimum absolute atomic E-state index is 0.0858. The minimum atomic E-state index is -0.602. The van der Waals surface area contributed by atoms with E-state index in [1.165, 1.54) is 0 Å². The summed E-state index contributed by atoms with van der Waals surface area (Å²) in [6, 6.07) is 11.7. The van der Waals surface area contributed by atoms with Crippen molar-refractivity contribution in [2.45, 2.75) is 6.04 Å². The van der Waals surface area contributed by atoms with Gasteiger partial charge in [-0.15, -0.1) is 0 Å². The summed E-state index contributed by atoms with van der Waals surface area (Å²) in [6.45, 7) is 4.10. The van der Waals surface area contributed by atoms with Crippen molar-refractivity contribution in [1.29, 1.82) is 0 Å². The molecular formula is C24H23ClN2O5. The molecule has 2 aromatic carbocycles. The Kier molecular flexibility index (Phi) is 5.63. The van der Waals surface area contributed by atoms with Crippen LogP contribution in [0.25, 0.3) is 11.0 Å². The highest BCUT2D eigenvalue weighted by molar-refractivity contribution is 6.31. The topological polar surface area (TPSA) is 72.2 Å². The van der Waals surface area contributed by atoms with Gasteiger partial charge in [-0.2, -0.15) is 0 Å². The van der Waals surface area contributed by atoms with Crippen LogP contribution in [-0.2, 0) is 4.74 Å². The van der Waals surface area contributed by atoms with Gasteiger partial charge < -0.3 is 18.8 Å². The number of benzene rings is 2. The van der Waals surface area contributed by atoms with Crippen molar-refractivity contribution < 1.29 is 18.7 Å². The van der Waals surface area contributed by atoms with Gasteiger partial charge in [-0.3, -0.25) is 14.5 Å². The van der Waals surface area contributed by atoms with Crippen molar-refractivity contribution in [1.82, 2.24) is 9.80 Å². The number of fused-ring (bicyclic) bond motifs is 2. The van der Waals surface area contributed by atoms with Crippen LogP contribution in [0, 0.1) is 0 Å². The molecule has 0 N–H and O–H groups in total. The quantitative estimate of drug-likeness (QED) is 0.589. The summed E-state index contributed by atoms with van der Waals surface area (Å²) in [5, 5.41) is 0.797. The zero-order valence-corrected chi connectivity index (χ0v) is 18.4. The van der Waals surface area contributed by atoms with E-state index in [-0.39, 0.29) is 17.1 Å². The molecule has 1 amide bonds.